The molecule has 3 atom stereocenters. The smallest absolute Gasteiger partial charge is 0.308 e. The van der Waals surface area contributed by atoms with Crippen LogP contribution in [0.1, 0.15) is 35.6 Å². The van der Waals surface area contributed by atoms with Crippen LogP contribution in [0, 0.1) is 16.0 Å². The molecule has 6 rings (SSSR count). The lowest BCUT2D eigenvalue weighted by Gasteiger charge is -2.31. The number of thioether (sulfide) groups is 1. The van der Waals surface area contributed by atoms with Gasteiger partial charge in [-0.05, 0) is 49.1 Å². The second kappa shape index (κ2) is 10.5. The van der Waals surface area contributed by atoms with Crippen molar-refractivity contribution < 1.29 is 19.3 Å². The van der Waals surface area contributed by atoms with Crippen LogP contribution >= 0.6 is 34.7 Å². The molecule has 0 spiro atoms. The number of fused-ring (bicyclic) bond motifs is 2. The average molecular weight is 599 g/mol. The van der Waals surface area contributed by atoms with Gasteiger partial charge in [0.1, 0.15) is 11.8 Å². The standard InChI is InChI=1S/C27H23ClN4O6S2/c28-16-6-4-15(5-7-16)20-21-22(25(35)31(24(21)34)17-8-10-18(11-9-17)32(37)38)39-26-23(20)40-27(36)30(26)14-19(33)29-12-2-1-3-13-29/h4-11,20-22H,1-3,12-14H2/t20-,21-,22+/m0/s1. The van der Waals surface area contributed by atoms with E-state index >= 15 is 0 Å². The van der Waals surface area contributed by atoms with E-state index in [0.717, 1.165) is 52.8 Å². The molecule has 0 unspecified atom stereocenters. The third-order valence-corrected chi connectivity index (χ3v) is 10.5. The van der Waals surface area contributed by atoms with Crippen LogP contribution in [0.4, 0.5) is 11.4 Å². The Morgan fingerprint density at radius 2 is 1.65 bits per heavy atom. The van der Waals surface area contributed by atoms with E-state index in [9.17, 15) is 29.3 Å². The maximum atomic E-state index is 13.9. The van der Waals surface area contributed by atoms with Crippen LogP contribution in [0.2, 0.25) is 5.02 Å². The summed E-state index contributed by atoms with van der Waals surface area (Å²) in [6, 6.07) is 12.2. The van der Waals surface area contributed by atoms with Gasteiger partial charge in [0.05, 0.1) is 21.6 Å². The van der Waals surface area contributed by atoms with Crippen LogP contribution in [0.5, 0.6) is 0 Å². The molecule has 3 aliphatic rings. The van der Waals surface area contributed by atoms with Crippen LogP contribution in [-0.2, 0) is 20.9 Å². The quantitative estimate of drug-likeness (QED) is 0.244. The number of halogens is 1. The van der Waals surface area contributed by atoms with E-state index in [2.05, 4.69) is 0 Å². The monoisotopic (exact) mass is 598 g/mol. The molecule has 0 N–H and O–H groups in total. The third-order valence-electron chi connectivity index (χ3n) is 7.60. The van der Waals surface area contributed by atoms with Gasteiger partial charge in [-0.1, -0.05) is 46.8 Å². The first-order valence-corrected chi connectivity index (χ1v) is 14.9. The minimum atomic E-state index is -0.846. The number of likely N-dealkylation sites (tertiary alicyclic amines) is 1. The van der Waals surface area contributed by atoms with Gasteiger partial charge in [-0.25, -0.2) is 4.90 Å². The van der Waals surface area contributed by atoms with Crippen molar-refractivity contribution in [1.29, 1.82) is 0 Å². The lowest BCUT2D eigenvalue weighted by atomic mass is 9.83. The van der Waals surface area contributed by atoms with Gasteiger partial charge in [-0.2, -0.15) is 0 Å². The van der Waals surface area contributed by atoms with E-state index in [-0.39, 0.29) is 28.7 Å². The Hall–Kier alpha value is -3.48. The van der Waals surface area contributed by atoms with Gasteiger partial charge in [0, 0.05) is 41.0 Å². The van der Waals surface area contributed by atoms with Gasteiger partial charge in [-0.15, -0.1) is 0 Å². The van der Waals surface area contributed by atoms with Gasteiger partial charge in [-0.3, -0.25) is 33.9 Å². The molecule has 4 heterocycles. The lowest BCUT2D eigenvalue weighted by Crippen LogP contribution is -2.39. The number of aromatic nitrogens is 1. The Kier molecular flexibility index (Phi) is 7.01. The first-order valence-electron chi connectivity index (χ1n) is 12.8. The largest absolute Gasteiger partial charge is 0.341 e. The molecule has 40 heavy (non-hydrogen) atoms. The minimum Gasteiger partial charge on any atom is -0.341 e. The van der Waals surface area contributed by atoms with Crippen molar-refractivity contribution in [1.82, 2.24) is 9.47 Å². The molecule has 3 aliphatic heterocycles. The predicted molar refractivity (Wildman–Crippen MR) is 151 cm³/mol. The fourth-order valence-corrected chi connectivity index (χ4v) is 8.54. The molecule has 0 aliphatic carbocycles. The van der Waals surface area contributed by atoms with Crippen molar-refractivity contribution in [3.8, 4) is 0 Å². The molecule has 3 aromatic rings. The molecule has 13 heteroatoms. The van der Waals surface area contributed by atoms with Gasteiger partial charge < -0.3 is 4.90 Å². The predicted octanol–water partition coefficient (Wildman–Crippen LogP) is 4.28. The number of benzene rings is 2. The van der Waals surface area contributed by atoms with Gasteiger partial charge >= 0.3 is 4.87 Å². The first-order chi connectivity index (χ1) is 19.2. The van der Waals surface area contributed by atoms with E-state index in [4.69, 9.17) is 11.6 Å². The topological polar surface area (TPSA) is 123 Å². The van der Waals surface area contributed by atoms with E-state index < -0.39 is 33.8 Å². The number of hydrogen-bond donors (Lipinski definition) is 0. The first kappa shape index (κ1) is 26.7. The summed E-state index contributed by atoms with van der Waals surface area (Å²) in [6.07, 6.45) is 2.92. The lowest BCUT2D eigenvalue weighted by molar-refractivity contribution is -0.384. The number of rotatable bonds is 5. The number of piperidine rings is 1. The second-order valence-electron chi connectivity index (χ2n) is 9.94. The summed E-state index contributed by atoms with van der Waals surface area (Å²) in [4.78, 5) is 67.8. The fourth-order valence-electron chi connectivity index (χ4n) is 5.64. The van der Waals surface area contributed by atoms with E-state index in [1.807, 2.05) is 0 Å². The molecular formula is C27H23ClN4O6S2. The number of thiazole rings is 1. The summed E-state index contributed by atoms with van der Waals surface area (Å²) >= 11 is 8.27. The number of carbonyl (C=O) groups excluding carboxylic acids is 3. The Morgan fingerprint density at radius 3 is 2.30 bits per heavy atom. The van der Waals surface area contributed by atoms with Gasteiger partial charge in [0.25, 0.3) is 5.69 Å². The number of nitro groups is 1. The molecular weight excluding hydrogens is 576 g/mol. The number of carbonyl (C=O) groups is 3. The summed E-state index contributed by atoms with van der Waals surface area (Å²) in [5.41, 5.74) is 0.813. The Bertz CT molecular complexity index is 1580. The second-order valence-corrected chi connectivity index (χ2v) is 12.5. The number of hydrogen-bond acceptors (Lipinski definition) is 8. The van der Waals surface area contributed by atoms with Crippen LogP contribution < -0.4 is 9.77 Å². The molecule has 10 nitrogen and oxygen atoms in total. The zero-order valence-electron chi connectivity index (χ0n) is 21.0. The number of non-ortho nitro benzene ring substituents is 1. The fraction of sp³-hybridized carbons (Fsp3) is 0.333. The van der Waals surface area contributed by atoms with Crippen LogP contribution in [-0.4, -0.2) is 50.5 Å². The highest BCUT2D eigenvalue weighted by atomic mass is 35.5. The third kappa shape index (κ3) is 4.53. The number of nitro benzene ring substituents is 1. The maximum Gasteiger partial charge on any atom is 0.308 e. The zero-order chi connectivity index (χ0) is 28.1. The number of nitrogens with zero attached hydrogens (tertiary/aromatic N) is 4. The Labute approximate surface area is 241 Å². The molecule has 206 valence electrons. The summed E-state index contributed by atoms with van der Waals surface area (Å²) in [5, 5.41) is 11.3. The maximum absolute atomic E-state index is 13.9. The SMILES string of the molecule is O=C(Cn1c2c(sc1=O)[C@@H](c1ccc(Cl)cc1)[C@@H]1C(=O)N(c3ccc([N+](=O)[O-])cc3)C(=O)[C@@H]1S2)N1CCCCC1. The highest BCUT2D eigenvalue weighted by molar-refractivity contribution is 8.00. The summed E-state index contributed by atoms with van der Waals surface area (Å²) < 4.78 is 1.44. The van der Waals surface area contributed by atoms with Crippen molar-refractivity contribution in [2.75, 3.05) is 18.0 Å². The highest BCUT2D eigenvalue weighted by Gasteiger charge is 2.56. The minimum absolute atomic E-state index is 0.128. The summed E-state index contributed by atoms with van der Waals surface area (Å²) in [5.74, 6) is -2.48. The van der Waals surface area contributed by atoms with Crippen LogP contribution in [0.25, 0.3) is 0 Å². The highest BCUT2D eigenvalue weighted by Crippen LogP contribution is 2.54. The number of imide groups is 1. The Balaban J connectivity index is 1.41. The molecule has 3 amide bonds. The van der Waals surface area contributed by atoms with Crippen molar-refractivity contribution in [3.05, 3.63) is 83.8 Å². The molecule has 2 saturated heterocycles. The summed E-state index contributed by atoms with van der Waals surface area (Å²) in [7, 11) is 0. The van der Waals surface area contributed by atoms with Crippen molar-refractivity contribution in [2.45, 2.75) is 42.0 Å². The normalized spacial score (nSPS) is 22.3. The van der Waals surface area contributed by atoms with Crippen LogP contribution in [0.15, 0.2) is 58.4 Å². The number of anilines is 1. The van der Waals surface area contributed by atoms with E-state index in [1.165, 1.54) is 28.8 Å². The average Bonchev–Trinajstić information content (AvgIpc) is 3.40. The number of amides is 3. The molecule has 1 aromatic heterocycles. The molecule has 0 radical (unpaired) electrons. The molecule has 2 aromatic carbocycles. The van der Waals surface area contributed by atoms with E-state index in [0.29, 0.717) is 28.0 Å². The van der Waals surface area contributed by atoms with Gasteiger partial charge in [0.2, 0.25) is 17.7 Å². The Morgan fingerprint density at radius 1 is 0.975 bits per heavy atom. The van der Waals surface area contributed by atoms with Crippen molar-refractivity contribution in [2.24, 2.45) is 5.92 Å². The van der Waals surface area contributed by atoms with Crippen molar-refractivity contribution in [3.63, 3.8) is 0 Å². The van der Waals surface area contributed by atoms with Crippen molar-refractivity contribution >= 4 is 63.8 Å². The van der Waals surface area contributed by atoms with Gasteiger partial charge in [0.15, 0.2) is 0 Å². The molecule has 2 fully saturated rings. The van der Waals surface area contributed by atoms with Crippen LogP contribution in [0.3, 0.4) is 0 Å². The molecule has 0 saturated carbocycles. The molecule has 0 bridgehead atoms. The van der Waals surface area contributed by atoms with E-state index in [1.54, 1.807) is 29.2 Å². The summed E-state index contributed by atoms with van der Waals surface area (Å²) in [6.45, 7) is 1.18. The zero-order valence-corrected chi connectivity index (χ0v) is 23.4.